The van der Waals surface area contributed by atoms with E-state index in [9.17, 15) is 0 Å². The Bertz CT molecular complexity index is 997. The van der Waals surface area contributed by atoms with Crippen LogP contribution in [0.4, 0.5) is 5.82 Å². The summed E-state index contributed by atoms with van der Waals surface area (Å²) in [5.74, 6) is 1.72. The van der Waals surface area contributed by atoms with Gasteiger partial charge in [0.1, 0.15) is 11.6 Å². The molecule has 1 aliphatic carbocycles. The molecular formula is C22H29N7. The first-order valence-corrected chi connectivity index (χ1v) is 9.82. The molecule has 0 spiro atoms. The van der Waals surface area contributed by atoms with Gasteiger partial charge in [-0.15, -0.1) is 0 Å². The zero-order valence-corrected chi connectivity index (χ0v) is 17.2. The van der Waals surface area contributed by atoms with Gasteiger partial charge in [0.2, 0.25) is 0 Å². The molecule has 0 bridgehead atoms. The van der Waals surface area contributed by atoms with Gasteiger partial charge in [-0.25, -0.2) is 4.98 Å². The van der Waals surface area contributed by atoms with Crippen molar-refractivity contribution in [1.82, 2.24) is 15.3 Å². The predicted octanol–water partition coefficient (Wildman–Crippen LogP) is 3.33. The topological polar surface area (TPSA) is 126 Å². The number of fused-ring (bicyclic) bond motifs is 1. The maximum atomic E-state index is 8.46. The first kappa shape index (κ1) is 20.4. The highest BCUT2D eigenvalue weighted by Crippen LogP contribution is 2.35. The molecule has 0 unspecified atom stereocenters. The van der Waals surface area contributed by atoms with Gasteiger partial charge in [0.15, 0.2) is 0 Å². The zero-order valence-electron chi connectivity index (χ0n) is 17.2. The van der Waals surface area contributed by atoms with Crippen LogP contribution in [-0.2, 0) is 0 Å². The van der Waals surface area contributed by atoms with E-state index in [0.717, 1.165) is 40.6 Å². The van der Waals surface area contributed by atoms with Crippen LogP contribution in [0.1, 0.15) is 32.3 Å². The van der Waals surface area contributed by atoms with Crippen molar-refractivity contribution in [3.63, 3.8) is 0 Å². The lowest BCUT2D eigenvalue weighted by Crippen LogP contribution is -2.12. The summed E-state index contributed by atoms with van der Waals surface area (Å²) < 4.78 is 0. The van der Waals surface area contributed by atoms with Crippen molar-refractivity contribution in [2.24, 2.45) is 23.3 Å². The van der Waals surface area contributed by atoms with Crippen molar-refractivity contribution >= 4 is 28.1 Å². The second kappa shape index (κ2) is 8.77. The molecule has 0 atom stereocenters. The molecule has 0 amide bonds. The standard InChI is InChI=1S/C22H29N7/c1-13(2)15(10-23)9-20(24)29-21-7-6-18-19(28-21)8-16(11-27-18)17(12-26-3)22(25)14-4-5-14/h6-14,25-26H,4-5,23-24H2,1-3H3,(H,28,29)/b15-10+,17-12-,20-9+,25-22?. The number of nitrogens with two attached hydrogens (primary N) is 2. The Labute approximate surface area is 171 Å². The fourth-order valence-corrected chi connectivity index (χ4v) is 3.05. The molecule has 2 heterocycles. The van der Waals surface area contributed by atoms with E-state index < -0.39 is 0 Å². The average Bonchev–Trinajstić information content (AvgIpc) is 3.54. The van der Waals surface area contributed by atoms with Crippen LogP contribution in [0.5, 0.6) is 0 Å². The molecule has 1 aliphatic rings. The van der Waals surface area contributed by atoms with Crippen molar-refractivity contribution in [1.29, 1.82) is 5.41 Å². The summed E-state index contributed by atoms with van der Waals surface area (Å²) >= 11 is 0. The highest BCUT2D eigenvalue weighted by molar-refractivity contribution is 6.24. The van der Waals surface area contributed by atoms with Crippen LogP contribution in [0.25, 0.3) is 16.6 Å². The van der Waals surface area contributed by atoms with E-state index in [4.69, 9.17) is 16.9 Å². The second-order valence-corrected chi connectivity index (χ2v) is 7.54. The molecule has 3 rings (SSSR count). The summed E-state index contributed by atoms with van der Waals surface area (Å²) in [7, 11) is 1.84. The first-order chi connectivity index (χ1) is 13.9. The van der Waals surface area contributed by atoms with Gasteiger partial charge in [-0.1, -0.05) is 13.8 Å². The Morgan fingerprint density at radius 1 is 1.28 bits per heavy atom. The fraction of sp³-hybridized carbons (Fsp3) is 0.318. The minimum absolute atomic E-state index is 0.274. The van der Waals surface area contributed by atoms with E-state index >= 15 is 0 Å². The molecule has 0 saturated heterocycles. The number of allylic oxidation sites excluding steroid dienone is 3. The molecule has 7 heteroatoms. The van der Waals surface area contributed by atoms with Gasteiger partial charge in [-0.3, -0.25) is 4.98 Å². The molecule has 152 valence electrons. The number of pyridine rings is 2. The number of nitrogens with one attached hydrogen (secondary N) is 3. The number of hydrogen-bond acceptors (Lipinski definition) is 7. The molecular weight excluding hydrogens is 362 g/mol. The Morgan fingerprint density at radius 2 is 2.03 bits per heavy atom. The van der Waals surface area contributed by atoms with Crippen molar-refractivity contribution in [3.8, 4) is 0 Å². The fourth-order valence-electron chi connectivity index (χ4n) is 3.05. The number of aromatic nitrogens is 2. The highest BCUT2D eigenvalue weighted by atomic mass is 15.1. The molecule has 0 radical (unpaired) electrons. The summed E-state index contributed by atoms with van der Waals surface area (Å²) in [5.41, 5.74) is 16.6. The van der Waals surface area contributed by atoms with Crippen molar-refractivity contribution < 1.29 is 0 Å². The SMILES string of the molecule is CN/C=C(\C(=N)C1CC1)c1cnc2ccc(N/C(N)=C/C(=C\N)C(C)C)nc2c1. The summed E-state index contributed by atoms with van der Waals surface area (Å²) in [5, 5.41) is 14.6. The normalized spacial score (nSPS) is 15.7. The van der Waals surface area contributed by atoms with Gasteiger partial charge in [0.25, 0.3) is 0 Å². The molecule has 7 nitrogen and oxygen atoms in total. The van der Waals surface area contributed by atoms with E-state index in [1.165, 1.54) is 0 Å². The Morgan fingerprint density at radius 3 is 2.66 bits per heavy atom. The summed E-state index contributed by atoms with van der Waals surface area (Å²) in [6, 6.07) is 5.71. The van der Waals surface area contributed by atoms with Crippen LogP contribution in [0, 0.1) is 17.2 Å². The molecule has 1 fully saturated rings. The Kier molecular flexibility index (Phi) is 6.16. The third kappa shape index (κ3) is 4.93. The highest BCUT2D eigenvalue weighted by Gasteiger charge is 2.29. The van der Waals surface area contributed by atoms with Crippen molar-refractivity contribution in [2.45, 2.75) is 26.7 Å². The predicted molar refractivity (Wildman–Crippen MR) is 120 cm³/mol. The number of hydrogen-bond donors (Lipinski definition) is 5. The van der Waals surface area contributed by atoms with E-state index in [1.54, 1.807) is 12.4 Å². The number of rotatable bonds is 8. The molecule has 0 aromatic carbocycles. The number of anilines is 1. The minimum Gasteiger partial charge on any atom is -0.404 e. The van der Waals surface area contributed by atoms with E-state index in [2.05, 4.69) is 34.4 Å². The lowest BCUT2D eigenvalue weighted by Gasteiger charge is -2.12. The van der Waals surface area contributed by atoms with Gasteiger partial charge in [0, 0.05) is 42.2 Å². The van der Waals surface area contributed by atoms with Crippen LogP contribution >= 0.6 is 0 Å². The zero-order chi connectivity index (χ0) is 21.0. The molecule has 1 saturated carbocycles. The van der Waals surface area contributed by atoms with Crippen LogP contribution in [0.2, 0.25) is 0 Å². The lowest BCUT2D eigenvalue weighted by molar-refractivity contribution is 0.786. The third-order valence-corrected chi connectivity index (χ3v) is 4.87. The summed E-state index contributed by atoms with van der Waals surface area (Å²) in [6.07, 6.45) is 9.19. The molecule has 29 heavy (non-hydrogen) atoms. The van der Waals surface area contributed by atoms with E-state index in [-0.39, 0.29) is 5.92 Å². The van der Waals surface area contributed by atoms with Gasteiger partial charge >= 0.3 is 0 Å². The molecule has 2 aromatic heterocycles. The maximum Gasteiger partial charge on any atom is 0.132 e. The van der Waals surface area contributed by atoms with Crippen LogP contribution in [0.15, 0.2) is 54.3 Å². The van der Waals surface area contributed by atoms with Crippen LogP contribution in [-0.4, -0.2) is 22.7 Å². The summed E-state index contributed by atoms with van der Waals surface area (Å²) in [6.45, 7) is 4.11. The van der Waals surface area contributed by atoms with Crippen molar-refractivity contribution in [3.05, 3.63) is 59.8 Å². The largest absolute Gasteiger partial charge is 0.404 e. The van der Waals surface area contributed by atoms with Crippen LogP contribution in [0.3, 0.4) is 0 Å². The maximum absolute atomic E-state index is 8.46. The quantitative estimate of drug-likeness (QED) is 0.347. The Hall–Kier alpha value is -3.35. The van der Waals surface area contributed by atoms with Gasteiger partial charge < -0.3 is 27.5 Å². The minimum atomic E-state index is 0.274. The summed E-state index contributed by atoms with van der Waals surface area (Å²) in [4.78, 5) is 9.18. The second-order valence-electron chi connectivity index (χ2n) is 7.54. The monoisotopic (exact) mass is 391 g/mol. The van der Waals surface area contributed by atoms with Gasteiger partial charge in [-0.05, 0) is 54.8 Å². The van der Waals surface area contributed by atoms with E-state index in [1.807, 2.05) is 37.5 Å². The first-order valence-electron chi connectivity index (χ1n) is 9.82. The van der Waals surface area contributed by atoms with Crippen molar-refractivity contribution in [2.75, 3.05) is 12.4 Å². The smallest absolute Gasteiger partial charge is 0.132 e. The lowest BCUT2D eigenvalue weighted by atomic mass is 10.00. The third-order valence-electron chi connectivity index (χ3n) is 4.87. The Balaban J connectivity index is 1.90. The van der Waals surface area contributed by atoms with Crippen LogP contribution < -0.4 is 22.1 Å². The van der Waals surface area contributed by atoms with E-state index in [0.29, 0.717) is 23.3 Å². The molecule has 0 aliphatic heterocycles. The average molecular weight is 392 g/mol. The van der Waals surface area contributed by atoms with Gasteiger partial charge in [-0.2, -0.15) is 0 Å². The van der Waals surface area contributed by atoms with Gasteiger partial charge in [0.05, 0.1) is 11.0 Å². The molecule has 7 N–H and O–H groups in total. The number of nitrogens with zero attached hydrogens (tertiary/aromatic N) is 2. The molecule has 2 aromatic rings.